The van der Waals surface area contributed by atoms with Crippen LogP contribution in [0, 0.1) is 0 Å². The Balaban J connectivity index is 3.28. The summed E-state index contributed by atoms with van der Waals surface area (Å²) in [6.07, 6.45) is -1.37. The summed E-state index contributed by atoms with van der Waals surface area (Å²) >= 11 is 0. The molecule has 4 heteroatoms. The second kappa shape index (κ2) is 3.88. The first-order valence-electron chi connectivity index (χ1n) is 2.52. The summed E-state index contributed by atoms with van der Waals surface area (Å²) in [6, 6.07) is 0. The third-order valence-corrected chi connectivity index (χ3v) is 0.745. The Morgan fingerprint density at radius 3 is 2.44 bits per heavy atom. The van der Waals surface area contributed by atoms with Crippen LogP contribution in [-0.2, 0) is 9.53 Å². The zero-order valence-corrected chi connectivity index (χ0v) is 5.05. The van der Waals surface area contributed by atoms with Crippen LogP contribution in [0.2, 0.25) is 0 Å². The molecule has 0 bridgehead atoms. The first-order valence-corrected chi connectivity index (χ1v) is 2.52. The summed E-state index contributed by atoms with van der Waals surface area (Å²) in [7, 11) is 0. The monoisotopic (exact) mass is 131 g/mol. The zero-order valence-electron chi connectivity index (χ0n) is 5.05. The van der Waals surface area contributed by atoms with Crippen LogP contribution in [0.1, 0.15) is 13.3 Å². The Morgan fingerprint density at radius 2 is 2.11 bits per heavy atom. The summed E-state index contributed by atoms with van der Waals surface area (Å²) in [6.45, 7) is 1.24. The highest BCUT2D eigenvalue weighted by molar-refractivity contribution is 5.80. The highest BCUT2D eigenvalue weighted by Crippen LogP contribution is 1.81. The molecule has 0 aliphatic carbocycles. The van der Waals surface area contributed by atoms with Gasteiger partial charge in [-0.3, -0.25) is 4.79 Å². The predicted octanol–water partition coefficient (Wildman–Crippen LogP) is -0.675. The van der Waals surface area contributed by atoms with Crippen molar-refractivity contribution < 1.29 is 19.4 Å². The lowest BCUT2D eigenvalue weighted by molar-refractivity contribution is -0.281. The molecule has 0 saturated heterocycles. The molecule has 0 heterocycles. The number of hydrogen-bond acceptors (Lipinski definition) is 4. The van der Waals surface area contributed by atoms with Crippen molar-refractivity contribution >= 4 is 11.9 Å². The Morgan fingerprint density at radius 1 is 1.56 bits per heavy atom. The highest BCUT2D eigenvalue weighted by atomic mass is 16.7. The van der Waals surface area contributed by atoms with E-state index in [0.29, 0.717) is 0 Å². The van der Waals surface area contributed by atoms with E-state index in [-0.39, 0.29) is 12.2 Å². The van der Waals surface area contributed by atoms with Gasteiger partial charge < -0.3 is 14.6 Å². The van der Waals surface area contributed by atoms with Crippen LogP contribution in [0.25, 0.3) is 0 Å². The molecule has 0 aromatic heterocycles. The molecular weight excluding hydrogens is 124 g/mol. The fourth-order valence-corrected chi connectivity index (χ4v) is 0.241. The topological polar surface area (TPSA) is 66.4 Å². The van der Waals surface area contributed by atoms with Crippen molar-refractivity contribution in [2.45, 2.75) is 13.3 Å². The van der Waals surface area contributed by atoms with Gasteiger partial charge in [0.1, 0.15) is 0 Å². The van der Waals surface area contributed by atoms with E-state index in [1.54, 1.807) is 6.92 Å². The molecule has 0 amide bonds. The van der Waals surface area contributed by atoms with Crippen molar-refractivity contribution in [1.82, 2.24) is 0 Å². The minimum absolute atomic E-state index is 0.251. The number of ketones is 1. The van der Waals surface area contributed by atoms with Crippen LogP contribution in [0.5, 0.6) is 0 Å². The van der Waals surface area contributed by atoms with Crippen LogP contribution in [0.3, 0.4) is 0 Å². The Bertz CT molecular complexity index is 118. The SMILES string of the molecule is CCC(=O)COC(=O)[O-]. The minimum Gasteiger partial charge on any atom is -0.542 e. The summed E-state index contributed by atoms with van der Waals surface area (Å²) in [4.78, 5) is 19.8. The fraction of sp³-hybridized carbons (Fsp3) is 0.600. The maximum atomic E-state index is 10.3. The number of carbonyl (C=O) groups is 2. The molecule has 0 N–H and O–H groups in total. The van der Waals surface area contributed by atoms with Gasteiger partial charge in [-0.05, 0) is 0 Å². The molecule has 0 aromatic rings. The fourth-order valence-electron chi connectivity index (χ4n) is 0.241. The van der Waals surface area contributed by atoms with Crippen molar-refractivity contribution in [1.29, 1.82) is 0 Å². The third kappa shape index (κ3) is 4.80. The van der Waals surface area contributed by atoms with E-state index in [4.69, 9.17) is 0 Å². The second-order valence-electron chi connectivity index (χ2n) is 1.43. The first kappa shape index (κ1) is 7.94. The number of ether oxygens (including phenoxy) is 1. The van der Waals surface area contributed by atoms with Crippen molar-refractivity contribution in [3.05, 3.63) is 0 Å². The lowest BCUT2D eigenvalue weighted by Gasteiger charge is -2.03. The lowest BCUT2D eigenvalue weighted by atomic mass is 10.3. The molecule has 0 radical (unpaired) electrons. The molecule has 0 aromatic carbocycles. The molecule has 0 saturated carbocycles. The summed E-state index contributed by atoms with van der Waals surface area (Å²) in [5.74, 6) is -0.251. The van der Waals surface area contributed by atoms with Crippen LogP contribution in [0.4, 0.5) is 4.79 Å². The number of hydrogen-bond donors (Lipinski definition) is 0. The molecule has 52 valence electrons. The van der Waals surface area contributed by atoms with Gasteiger partial charge in [0.15, 0.2) is 5.78 Å². The van der Waals surface area contributed by atoms with E-state index < -0.39 is 12.8 Å². The van der Waals surface area contributed by atoms with Crippen LogP contribution in [0.15, 0.2) is 0 Å². The van der Waals surface area contributed by atoms with Gasteiger partial charge in [0.05, 0.1) is 6.61 Å². The zero-order chi connectivity index (χ0) is 7.28. The number of carbonyl (C=O) groups excluding carboxylic acids is 2. The molecule has 0 rings (SSSR count). The molecule has 4 nitrogen and oxygen atoms in total. The lowest BCUT2D eigenvalue weighted by Crippen LogP contribution is -2.26. The van der Waals surface area contributed by atoms with Gasteiger partial charge >= 0.3 is 0 Å². The van der Waals surface area contributed by atoms with Crippen molar-refractivity contribution in [3.63, 3.8) is 0 Å². The van der Waals surface area contributed by atoms with Crippen molar-refractivity contribution in [3.8, 4) is 0 Å². The van der Waals surface area contributed by atoms with Gasteiger partial charge in [0.25, 0.3) is 6.16 Å². The Labute approximate surface area is 52.4 Å². The molecule has 0 atom stereocenters. The van der Waals surface area contributed by atoms with Gasteiger partial charge in [-0.1, -0.05) is 6.92 Å². The molecule has 0 spiro atoms. The molecule has 0 fully saturated rings. The third-order valence-electron chi connectivity index (χ3n) is 0.745. The normalized spacial score (nSPS) is 8.56. The van der Waals surface area contributed by atoms with Gasteiger partial charge in [0.2, 0.25) is 0 Å². The van der Waals surface area contributed by atoms with E-state index in [1.807, 2.05) is 0 Å². The number of Topliss-reactive ketones (excluding diaryl/α,β-unsaturated/α-hetero) is 1. The average Bonchev–Trinajstić information content (AvgIpc) is 1.83. The van der Waals surface area contributed by atoms with Crippen LogP contribution < -0.4 is 5.11 Å². The van der Waals surface area contributed by atoms with E-state index in [9.17, 15) is 14.7 Å². The minimum atomic E-state index is -1.66. The highest BCUT2D eigenvalue weighted by Gasteiger charge is 1.93. The standard InChI is InChI=1S/C5H8O4/c1-2-4(6)3-9-5(7)8/h2-3H2,1H3,(H,7,8)/p-1. The molecule has 9 heavy (non-hydrogen) atoms. The average molecular weight is 131 g/mol. The quantitative estimate of drug-likeness (QED) is 0.476. The van der Waals surface area contributed by atoms with Gasteiger partial charge in [0, 0.05) is 6.42 Å². The number of rotatable bonds is 3. The smallest absolute Gasteiger partial charge is 0.252 e. The van der Waals surface area contributed by atoms with Crippen LogP contribution >= 0.6 is 0 Å². The van der Waals surface area contributed by atoms with E-state index in [2.05, 4.69) is 4.74 Å². The van der Waals surface area contributed by atoms with Crippen molar-refractivity contribution in [2.75, 3.05) is 6.61 Å². The summed E-state index contributed by atoms with van der Waals surface area (Å²) < 4.78 is 3.85. The van der Waals surface area contributed by atoms with Gasteiger partial charge in [-0.15, -0.1) is 0 Å². The summed E-state index contributed by atoms with van der Waals surface area (Å²) in [5, 5.41) is 9.53. The number of carboxylic acid groups (broad SMARTS) is 1. The second-order valence-corrected chi connectivity index (χ2v) is 1.43. The van der Waals surface area contributed by atoms with E-state index in [1.165, 1.54) is 0 Å². The Kier molecular flexibility index (Phi) is 3.43. The Hall–Kier alpha value is -1.06. The first-order chi connectivity index (χ1) is 4.16. The van der Waals surface area contributed by atoms with E-state index in [0.717, 1.165) is 0 Å². The van der Waals surface area contributed by atoms with Gasteiger partial charge in [-0.2, -0.15) is 0 Å². The largest absolute Gasteiger partial charge is 0.542 e. The summed E-state index contributed by atoms with van der Waals surface area (Å²) in [5.41, 5.74) is 0. The molecular formula is C5H7O4-. The molecule has 0 unspecified atom stereocenters. The molecule has 0 aliphatic heterocycles. The van der Waals surface area contributed by atoms with E-state index >= 15 is 0 Å². The van der Waals surface area contributed by atoms with Gasteiger partial charge in [-0.25, -0.2) is 0 Å². The predicted molar refractivity (Wildman–Crippen MR) is 26.6 cm³/mol. The maximum absolute atomic E-state index is 10.3. The maximum Gasteiger partial charge on any atom is 0.252 e. The van der Waals surface area contributed by atoms with Crippen LogP contribution in [-0.4, -0.2) is 18.5 Å². The van der Waals surface area contributed by atoms with Crippen molar-refractivity contribution in [2.24, 2.45) is 0 Å². The molecule has 0 aliphatic rings.